The number of hydrogen-bond donors (Lipinski definition) is 1. The Morgan fingerprint density at radius 1 is 1.77 bits per heavy atom. The van der Waals surface area contributed by atoms with Gasteiger partial charge in [0, 0.05) is 12.5 Å². The van der Waals surface area contributed by atoms with Gasteiger partial charge in [0.25, 0.3) is 0 Å². The van der Waals surface area contributed by atoms with E-state index in [9.17, 15) is 4.79 Å². The quantitative estimate of drug-likeness (QED) is 0.506. The lowest BCUT2D eigenvalue weighted by atomic mass is 9.78. The third-order valence-electron chi connectivity index (χ3n) is 3.37. The summed E-state index contributed by atoms with van der Waals surface area (Å²) in [7, 11) is 1.41. The molecule has 72 valence electrons. The maximum atomic E-state index is 11.6. The number of aliphatic hydroxyl groups is 1. The van der Waals surface area contributed by atoms with E-state index in [0.717, 1.165) is 12.8 Å². The van der Waals surface area contributed by atoms with Gasteiger partial charge in [-0.1, -0.05) is 12.2 Å². The van der Waals surface area contributed by atoms with Gasteiger partial charge in [-0.05, 0) is 18.8 Å². The van der Waals surface area contributed by atoms with Crippen LogP contribution in [0.3, 0.4) is 0 Å². The van der Waals surface area contributed by atoms with Crippen LogP contribution in [0.15, 0.2) is 12.2 Å². The van der Waals surface area contributed by atoms with Crippen molar-refractivity contribution in [3.63, 3.8) is 0 Å². The highest BCUT2D eigenvalue weighted by Gasteiger charge is 2.54. The van der Waals surface area contributed by atoms with Crippen molar-refractivity contribution in [1.82, 2.24) is 0 Å². The number of allylic oxidation sites excluding steroid dienone is 1. The molecule has 1 fully saturated rings. The monoisotopic (exact) mass is 182 g/mol. The Labute approximate surface area is 77.4 Å². The number of fused-ring (bicyclic) bond motifs is 2. The average molecular weight is 182 g/mol. The van der Waals surface area contributed by atoms with E-state index >= 15 is 0 Å². The highest BCUT2D eigenvalue weighted by atomic mass is 16.5. The molecule has 3 unspecified atom stereocenters. The van der Waals surface area contributed by atoms with E-state index in [1.165, 1.54) is 7.11 Å². The molecular formula is C10H14O3. The molecule has 0 aromatic heterocycles. The molecule has 0 aromatic carbocycles. The summed E-state index contributed by atoms with van der Waals surface area (Å²) in [6, 6.07) is 0. The fourth-order valence-electron chi connectivity index (χ4n) is 2.66. The van der Waals surface area contributed by atoms with Crippen molar-refractivity contribution in [1.29, 1.82) is 0 Å². The van der Waals surface area contributed by atoms with Gasteiger partial charge in [0.05, 0.1) is 12.5 Å². The van der Waals surface area contributed by atoms with Gasteiger partial charge in [0.1, 0.15) is 0 Å². The molecular weight excluding hydrogens is 168 g/mol. The fraction of sp³-hybridized carbons (Fsp3) is 0.700. The van der Waals surface area contributed by atoms with Crippen LogP contribution in [0.4, 0.5) is 0 Å². The number of rotatable bonds is 2. The third kappa shape index (κ3) is 1.03. The maximum absolute atomic E-state index is 11.6. The van der Waals surface area contributed by atoms with Crippen LogP contribution in [0, 0.1) is 17.3 Å². The predicted molar refractivity (Wildman–Crippen MR) is 46.9 cm³/mol. The molecule has 0 aliphatic heterocycles. The Balaban J connectivity index is 2.28. The van der Waals surface area contributed by atoms with Gasteiger partial charge in [-0.15, -0.1) is 0 Å². The number of aliphatic hydroxyl groups excluding tert-OH is 1. The molecule has 2 aliphatic carbocycles. The minimum atomic E-state index is -0.506. The molecule has 0 spiro atoms. The topological polar surface area (TPSA) is 46.5 Å². The standard InChI is InChI=1S/C10H14O3/c1-13-9(12)10-3-2-7(5-10)4-8(10)6-11/h2-3,7-8,11H,4-6H2,1H3. The molecule has 3 atom stereocenters. The van der Waals surface area contributed by atoms with Crippen LogP contribution in [-0.4, -0.2) is 24.8 Å². The molecule has 13 heavy (non-hydrogen) atoms. The second kappa shape index (κ2) is 2.84. The maximum Gasteiger partial charge on any atom is 0.316 e. The number of esters is 1. The molecule has 0 radical (unpaired) electrons. The van der Waals surface area contributed by atoms with Crippen LogP contribution >= 0.6 is 0 Å². The van der Waals surface area contributed by atoms with Crippen molar-refractivity contribution in [3.8, 4) is 0 Å². The van der Waals surface area contributed by atoms with Crippen molar-refractivity contribution in [3.05, 3.63) is 12.2 Å². The summed E-state index contributed by atoms with van der Waals surface area (Å²) in [5, 5.41) is 9.16. The molecule has 0 heterocycles. The first-order valence-corrected chi connectivity index (χ1v) is 4.61. The molecule has 2 bridgehead atoms. The van der Waals surface area contributed by atoms with E-state index < -0.39 is 5.41 Å². The first-order valence-electron chi connectivity index (χ1n) is 4.61. The molecule has 0 amide bonds. The number of ether oxygens (including phenoxy) is 1. The molecule has 1 saturated carbocycles. The van der Waals surface area contributed by atoms with Crippen molar-refractivity contribution >= 4 is 5.97 Å². The number of carbonyl (C=O) groups is 1. The molecule has 2 aliphatic rings. The van der Waals surface area contributed by atoms with Gasteiger partial charge in [0.15, 0.2) is 0 Å². The van der Waals surface area contributed by atoms with E-state index in [0.29, 0.717) is 5.92 Å². The van der Waals surface area contributed by atoms with Crippen LogP contribution < -0.4 is 0 Å². The summed E-state index contributed by atoms with van der Waals surface area (Å²) in [5.74, 6) is 0.342. The average Bonchev–Trinajstić information content (AvgIpc) is 2.73. The van der Waals surface area contributed by atoms with Crippen molar-refractivity contribution < 1.29 is 14.6 Å². The van der Waals surface area contributed by atoms with Gasteiger partial charge in [0.2, 0.25) is 0 Å². The lowest BCUT2D eigenvalue weighted by Gasteiger charge is -2.27. The lowest BCUT2D eigenvalue weighted by molar-refractivity contribution is -0.152. The predicted octanol–water partition coefficient (Wildman–Crippen LogP) is 0.734. The van der Waals surface area contributed by atoms with Crippen molar-refractivity contribution in [2.24, 2.45) is 17.3 Å². The van der Waals surface area contributed by atoms with E-state index in [1.807, 2.05) is 6.08 Å². The number of methoxy groups -OCH3 is 1. The Kier molecular flexibility index (Phi) is 1.91. The zero-order valence-corrected chi connectivity index (χ0v) is 7.69. The third-order valence-corrected chi connectivity index (χ3v) is 3.37. The minimum absolute atomic E-state index is 0.0648. The van der Waals surface area contributed by atoms with E-state index in [4.69, 9.17) is 9.84 Å². The molecule has 1 N–H and O–H groups in total. The highest BCUT2D eigenvalue weighted by molar-refractivity contribution is 5.81. The van der Waals surface area contributed by atoms with Crippen molar-refractivity contribution in [2.75, 3.05) is 13.7 Å². The van der Waals surface area contributed by atoms with Crippen molar-refractivity contribution in [2.45, 2.75) is 12.8 Å². The normalized spacial score (nSPS) is 41.1. The van der Waals surface area contributed by atoms with E-state index in [2.05, 4.69) is 6.08 Å². The highest BCUT2D eigenvalue weighted by Crippen LogP contribution is 2.53. The van der Waals surface area contributed by atoms with Crippen LogP contribution in [0.25, 0.3) is 0 Å². The van der Waals surface area contributed by atoms with Crippen LogP contribution in [0.1, 0.15) is 12.8 Å². The first-order chi connectivity index (χ1) is 6.23. The Hall–Kier alpha value is -0.830. The second-order valence-corrected chi connectivity index (χ2v) is 3.97. The largest absolute Gasteiger partial charge is 0.468 e. The molecule has 0 aromatic rings. The lowest BCUT2D eigenvalue weighted by Crippen LogP contribution is -2.35. The molecule has 2 rings (SSSR count). The fourth-order valence-corrected chi connectivity index (χ4v) is 2.66. The zero-order valence-electron chi connectivity index (χ0n) is 7.69. The van der Waals surface area contributed by atoms with Crippen LogP contribution in [-0.2, 0) is 9.53 Å². The second-order valence-electron chi connectivity index (χ2n) is 3.97. The smallest absolute Gasteiger partial charge is 0.316 e. The van der Waals surface area contributed by atoms with Crippen LogP contribution in [0.5, 0.6) is 0 Å². The summed E-state index contributed by atoms with van der Waals surface area (Å²) >= 11 is 0. The number of carbonyl (C=O) groups excluding carboxylic acids is 1. The molecule has 3 nitrogen and oxygen atoms in total. The van der Waals surface area contributed by atoms with Crippen LogP contribution in [0.2, 0.25) is 0 Å². The Bertz CT molecular complexity index is 259. The van der Waals surface area contributed by atoms with Gasteiger partial charge >= 0.3 is 5.97 Å². The summed E-state index contributed by atoms with van der Waals surface area (Å²) in [6.07, 6.45) is 5.74. The SMILES string of the molecule is COC(=O)C12C=CC(CC1CO)C2. The van der Waals surface area contributed by atoms with Gasteiger partial charge in [-0.25, -0.2) is 0 Å². The van der Waals surface area contributed by atoms with E-state index in [1.54, 1.807) is 0 Å². The Morgan fingerprint density at radius 2 is 2.54 bits per heavy atom. The minimum Gasteiger partial charge on any atom is -0.468 e. The molecule has 0 saturated heterocycles. The van der Waals surface area contributed by atoms with Gasteiger partial charge < -0.3 is 9.84 Å². The van der Waals surface area contributed by atoms with Gasteiger partial charge in [-0.2, -0.15) is 0 Å². The Morgan fingerprint density at radius 3 is 3.08 bits per heavy atom. The van der Waals surface area contributed by atoms with E-state index in [-0.39, 0.29) is 18.5 Å². The van der Waals surface area contributed by atoms with Gasteiger partial charge in [-0.3, -0.25) is 4.79 Å². The summed E-state index contributed by atoms with van der Waals surface area (Å²) in [4.78, 5) is 11.6. The summed E-state index contributed by atoms with van der Waals surface area (Å²) in [5.41, 5.74) is -0.506. The first kappa shape index (κ1) is 8.75. The zero-order chi connectivity index (χ0) is 9.47. The molecule has 3 heteroatoms. The summed E-state index contributed by atoms with van der Waals surface area (Å²) in [6.45, 7) is 0.0793. The summed E-state index contributed by atoms with van der Waals surface area (Å²) < 4.78 is 4.79. The number of hydrogen-bond acceptors (Lipinski definition) is 3.